The SMILES string of the molecule is O=C(N/N=C\c1ccc(O)cc1)c1ccc2nc(-c3ccc([N+](=O)[O-])cc3)[nH]c2c1. The number of hydrazone groups is 1. The summed E-state index contributed by atoms with van der Waals surface area (Å²) < 4.78 is 0. The second-order valence-corrected chi connectivity index (χ2v) is 6.41. The van der Waals surface area contributed by atoms with Gasteiger partial charge in [0.25, 0.3) is 11.6 Å². The minimum atomic E-state index is -0.461. The molecule has 0 aliphatic rings. The number of aromatic hydroxyl groups is 1. The zero-order valence-corrected chi connectivity index (χ0v) is 15.4. The third-order valence-electron chi connectivity index (χ3n) is 4.37. The van der Waals surface area contributed by atoms with Crippen LogP contribution >= 0.6 is 0 Å². The standard InChI is InChI=1S/C21H15N5O4/c27-17-8-1-13(2-9-17)12-22-25-21(28)15-5-10-18-19(11-15)24-20(23-18)14-3-6-16(7-4-14)26(29)30/h1-12,27H,(H,23,24)(H,25,28)/b22-12-. The fourth-order valence-electron chi connectivity index (χ4n) is 2.82. The molecule has 0 aliphatic carbocycles. The molecule has 0 bridgehead atoms. The molecule has 9 nitrogen and oxygen atoms in total. The molecule has 4 aromatic rings. The summed E-state index contributed by atoms with van der Waals surface area (Å²) in [5.41, 5.74) is 5.58. The third kappa shape index (κ3) is 3.99. The highest BCUT2D eigenvalue weighted by atomic mass is 16.6. The summed E-state index contributed by atoms with van der Waals surface area (Å²) in [7, 11) is 0. The zero-order valence-electron chi connectivity index (χ0n) is 15.4. The van der Waals surface area contributed by atoms with E-state index >= 15 is 0 Å². The summed E-state index contributed by atoms with van der Waals surface area (Å²) in [6.45, 7) is 0. The number of nitrogens with one attached hydrogen (secondary N) is 2. The second-order valence-electron chi connectivity index (χ2n) is 6.41. The van der Waals surface area contributed by atoms with E-state index in [9.17, 15) is 20.0 Å². The first-order valence-electron chi connectivity index (χ1n) is 8.86. The van der Waals surface area contributed by atoms with Gasteiger partial charge in [0, 0.05) is 23.3 Å². The van der Waals surface area contributed by atoms with E-state index in [4.69, 9.17) is 0 Å². The van der Waals surface area contributed by atoms with Crippen molar-refractivity contribution in [2.24, 2.45) is 5.10 Å². The molecule has 0 fully saturated rings. The van der Waals surface area contributed by atoms with E-state index in [1.165, 1.54) is 30.5 Å². The Labute approximate surface area is 169 Å². The van der Waals surface area contributed by atoms with Gasteiger partial charge in [-0.1, -0.05) is 0 Å². The molecule has 0 radical (unpaired) electrons. The molecular formula is C21H15N5O4. The van der Waals surface area contributed by atoms with Gasteiger partial charge in [0.05, 0.1) is 22.2 Å². The number of nitro groups is 1. The molecule has 148 valence electrons. The molecule has 0 spiro atoms. The number of aromatic nitrogens is 2. The number of phenols is 1. The van der Waals surface area contributed by atoms with E-state index in [0.29, 0.717) is 28.0 Å². The number of non-ortho nitro benzene ring substituents is 1. The van der Waals surface area contributed by atoms with E-state index < -0.39 is 10.8 Å². The topological polar surface area (TPSA) is 134 Å². The van der Waals surface area contributed by atoms with Crippen molar-refractivity contribution in [1.82, 2.24) is 15.4 Å². The minimum absolute atomic E-state index is 0.00155. The Hall–Kier alpha value is -4.53. The Morgan fingerprint density at radius 3 is 2.53 bits per heavy atom. The number of fused-ring (bicyclic) bond motifs is 1. The number of imidazole rings is 1. The van der Waals surface area contributed by atoms with E-state index in [1.54, 1.807) is 42.5 Å². The largest absolute Gasteiger partial charge is 0.508 e. The number of hydrogen-bond donors (Lipinski definition) is 3. The van der Waals surface area contributed by atoms with Crippen LogP contribution in [0, 0.1) is 10.1 Å². The van der Waals surface area contributed by atoms with Crippen molar-refractivity contribution in [2.75, 3.05) is 0 Å². The van der Waals surface area contributed by atoms with Crippen LogP contribution in [0.25, 0.3) is 22.4 Å². The highest BCUT2D eigenvalue weighted by molar-refractivity contribution is 5.98. The number of carbonyl (C=O) groups excluding carboxylic acids is 1. The van der Waals surface area contributed by atoms with Gasteiger partial charge in [-0.2, -0.15) is 5.10 Å². The number of benzene rings is 3. The van der Waals surface area contributed by atoms with Crippen LogP contribution in [0.3, 0.4) is 0 Å². The Bertz CT molecular complexity index is 1260. The summed E-state index contributed by atoms with van der Waals surface area (Å²) in [6.07, 6.45) is 1.47. The first-order valence-corrected chi connectivity index (χ1v) is 8.86. The maximum Gasteiger partial charge on any atom is 0.271 e. The van der Waals surface area contributed by atoms with Crippen LogP contribution in [0.5, 0.6) is 5.75 Å². The number of rotatable bonds is 5. The quantitative estimate of drug-likeness (QED) is 0.267. The number of aromatic amines is 1. The fraction of sp³-hybridized carbons (Fsp3) is 0. The fourth-order valence-corrected chi connectivity index (χ4v) is 2.82. The number of H-pyrrole nitrogens is 1. The number of carbonyl (C=O) groups is 1. The average Bonchev–Trinajstić information content (AvgIpc) is 3.18. The van der Waals surface area contributed by atoms with Crippen LogP contribution in [0.4, 0.5) is 5.69 Å². The molecule has 0 saturated heterocycles. The van der Waals surface area contributed by atoms with Gasteiger partial charge in [-0.05, 0) is 60.2 Å². The molecule has 4 rings (SSSR count). The molecule has 0 atom stereocenters. The van der Waals surface area contributed by atoms with Gasteiger partial charge in [-0.3, -0.25) is 14.9 Å². The molecule has 0 aliphatic heterocycles. The summed E-state index contributed by atoms with van der Waals surface area (Å²) in [5, 5.41) is 24.0. The smallest absolute Gasteiger partial charge is 0.271 e. The second kappa shape index (κ2) is 7.84. The van der Waals surface area contributed by atoms with Crippen molar-refractivity contribution in [3.63, 3.8) is 0 Å². The summed E-state index contributed by atoms with van der Waals surface area (Å²) in [4.78, 5) is 30.3. The maximum absolute atomic E-state index is 12.3. The number of nitrogens with zero attached hydrogens (tertiary/aromatic N) is 3. The van der Waals surface area contributed by atoms with Crippen LogP contribution in [0.2, 0.25) is 0 Å². The number of amides is 1. The molecule has 3 aromatic carbocycles. The van der Waals surface area contributed by atoms with Gasteiger partial charge >= 0.3 is 0 Å². The summed E-state index contributed by atoms with van der Waals surface area (Å²) in [5.74, 6) is 0.304. The van der Waals surface area contributed by atoms with Gasteiger partial charge in [-0.15, -0.1) is 0 Å². The lowest BCUT2D eigenvalue weighted by Crippen LogP contribution is -2.17. The van der Waals surface area contributed by atoms with Crippen molar-refractivity contribution >= 4 is 28.8 Å². The van der Waals surface area contributed by atoms with Gasteiger partial charge in [-0.25, -0.2) is 10.4 Å². The highest BCUT2D eigenvalue weighted by Crippen LogP contribution is 2.23. The average molecular weight is 401 g/mol. The van der Waals surface area contributed by atoms with Crippen LogP contribution in [-0.2, 0) is 0 Å². The van der Waals surface area contributed by atoms with Crippen molar-refractivity contribution in [3.8, 4) is 17.1 Å². The zero-order chi connectivity index (χ0) is 21.1. The molecule has 0 unspecified atom stereocenters. The summed E-state index contributed by atoms with van der Waals surface area (Å²) >= 11 is 0. The number of phenolic OH excluding ortho intramolecular Hbond substituents is 1. The predicted molar refractivity (Wildman–Crippen MR) is 111 cm³/mol. The van der Waals surface area contributed by atoms with Gasteiger partial charge in [0.1, 0.15) is 11.6 Å². The summed E-state index contributed by atoms with van der Waals surface area (Å²) in [6, 6.07) is 17.4. The first kappa shape index (κ1) is 18.8. The molecule has 30 heavy (non-hydrogen) atoms. The van der Waals surface area contributed by atoms with Crippen molar-refractivity contribution in [1.29, 1.82) is 0 Å². The van der Waals surface area contributed by atoms with Gasteiger partial charge < -0.3 is 10.1 Å². The Kier molecular flexibility index (Phi) is 4.92. The van der Waals surface area contributed by atoms with E-state index in [1.807, 2.05) is 0 Å². The first-order chi connectivity index (χ1) is 14.5. The van der Waals surface area contributed by atoms with Crippen LogP contribution in [0.15, 0.2) is 71.8 Å². The minimum Gasteiger partial charge on any atom is -0.508 e. The molecular weight excluding hydrogens is 386 g/mol. The van der Waals surface area contributed by atoms with Gasteiger partial charge in [0.15, 0.2) is 0 Å². The van der Waals surface area contributed by atoms with Crippen molar-refractivity contribution in [2.45, 2.75) is 0 Å². The van der Waals surface area contributed by atoms with Crippen LogP contribution in [0.1, 0.15) is 15.9 Å². The monoisotopic (exact) mass is 401 g/mol. The highest BCUT2D eigenvalue weighted by Gasteiger charge is 2.11. The molecule has 1 heterocycles. The predicted octanol–water partition coefficient (Wildman–Crippen LogP) is 3.61. The van der Waals surface area contributed by atoms with Crippen LogP contribution < -0.4 is 5.43 Å². The lowest BCUT2D eigenvalue weighted by atomic mass is 10.2. The van der Waals surface area contributed by atoms with Crippen LogP contribution in [-0.4, -0.2) is 32.1 Å². The van der Waals surface area contributed by atoms with Gasteiger partial charge in [0.2, 0.25) is 0 Å². The molecule has 0 saturated carbocycles. The third-order valence-corrected chi connectivity index (χ3v) is 4.37. The normalized spacial score (nSPS) is 11.1. The lowest BCUT2D eigenvalue weighted by molar-refractivity contribution is -0.384. The molecule has 9 heteroatoms. The molecule has 1 amide bonds. The Balaban J connectivity index is 1.50. The van der Waals surface area contributed by atoms with Crippen molar-refractivity contribution in [3.05, 3.63) is 88.0 Å². The number of nitro benzene ring substituents is 1. The maximum atomic E-state index is 12.3. The van der Waals surface area contributed by atoms with Crippen molar-refractivity contribution < 1.29 is 14.8 Å². The van der Waals surface area contributed by atoms with E-state index in [2.05, 4.69) is 20.5 Å². The Morgan fingerprint density at radius 1 is 1.10 bits per heavy atom. The van der Waals surface area contributed by atoms with E-state index in [0.717, 1.165) is 5.56 Å². The lowest BCUT2D eigenvalue weighted by Gasteiger charge is -2.00. The Morgan fingerprint density at radius 2 is 1.83 bits per heavy atom. The number of hydrogen-bond acceptors (Lipinski definition) is 6. The molecule has 3 N–H and O–H groups in total. The van der Waals surface area contributed by atoms with E-state index in [-0.39, 0.29) is 11.4 Å². The molecule has 1 aromatic heterocycles.